The Labute approximate surface area is 68.2 Å². The molecule has 4 heteroatoms. The van der Waals surface area contributed by atoms with Crippen molar-refractivity contribution in [2.24, 2.45) is 11.8 Å². The number of carbonyl (C=O) groups is 3. The van der Waals surface area contributed by atoms with E-state index in [9.17, 15) is 14.4 Å². The lowest BCUT2D eigenvalue weighted by Crippen LogP contribution is -2.27. The molecule has 1 fully saturated rings. The molecule has 2 atom stereocenters. The molecule has 0 aromatic carbocycles. The predicted octanol–water partition coefficient (Wildman–Crippen LogP) is -0.169. The topological polar surface area (TPSA) is 60.4 Å². The number of carbonyl (C=O) groups excluding carboxylic acids is 3. The fraction of sp³-hybridized carbons (Fsp3) is 0.375. The Balaban J connectivity index is 2.39. The number of allylic oxidation sites excluding steroid dienone is 2. The van der Waals surface area contributed by atoms with Gasteiger partial charge in [-0.25, -0.2) is 0 Å². The molecule has 1 aliphatic carbocycles. The van der Waals surface area contributed by atoms with Crippen LogP contribution >= 0.6 is 0 Å². The van der Waals surface area contributed by atoms with E-state index in [0.29, 0.717) is 6.42 Å². The second-order valence-electron chi connectivity index (χ2n) is 2.86. The van der Waals surface area contributed by atoms with E-state index in [4.69, 9.17) is 0 Å². The van der Waals surface area contributed by atoms with Crippen molar-refractivity contribution in [2.75, 3.05) is 0 Å². The third-order valence-electron chi connectivity index (χ3n) is 2.14. The van der Waals surface area contributed by atoms with Crippen molar-refractivity contribution >= 4 is 17.7 Å². The Bertz CT molecular complexity index is 302. The van der Waals surface area contributed by atoms with Gasteiger partial charge in [-0.2, -0.15) is 0 Å². The minimum absolute atomic E-state index is 0.317. The number of hydrogen-bond acceptors (Lipinski definition) is 4. The molecule has 0 aromatic rings. The summed E-state index contributed by atoms with van der Waals surface area (Å²) < 4.78 is 4.34. The van der Waals surface area contributed by atoms with Crippen LogP contribution in [0.3, 0.4) is 0 Å². The van der Waals surface area contributed by atoms with Gasteiger partial charge in [0.05, 0.1) is 5.92 Å². The van der Waals surface area contributed by atoms with Crippen LogP contribution < -0.4 is 0 Å². The van der Waals surface area contributed by atoms with Gasteiger partial charge in [0, 0.05) is 0 Å². The molecule has 0 spiro atoms. The minimum atomic E-state index is -0.859. The highest BCUT2D eigenvalue weighted by Crippen LogP contribution is 2.30. The van der Waals surface area contributed by atoms with Crippen molar-refractivity contribution in [2.45, 2.75) is 6.42 Å². The monoisotopic (exact) mass is 166 g/mol. The van der Waals surface area contributed by atoms with Gasteiger partial charge < -0.3 is 4.74 Å². The Morgan fingerprint density at radius 1 is 1.25 bits per heavy atom. The van der Waals surface area contributed by atoms with E-state index in [1.54, 1.807) is 6.08 Å². The first-order valence-electron chi connectivity index (χ1n) is 3.66. The van der Waals surface area contributed by atoms with Crippen LogP contribution in [0, 0.1) is 11.8 Å². The lowest BCUT2D eigenvalue weighted by molar-refractivity contribution is -0.153. The van der Waals surface area contributed by atoms with E-state index in [2.05, 4.69) is 4.74 Å². The lowest BCUT2D eigenvalue weighted by Gasteiger charge is -2.11. The molecular weight excluding hydrogens is 160 g/mol. The highest BCUT2D eigenvalue weighted by Gasteiger charge is 2.48. The van der Waals surface area contributed by atoms with Crippen molar-refractivity contribution in [1.29, 1.82) is 0 Å². The van der Waals surface area contributed by atoms with Gasteiger partial charge >= 0.3 is 11.9 Å². The number of fused-ring (bicyclic) bond motifs is 1. The second kappa shape index (κ2) is 2.27. The van der Waals surface area contributed by atoms with Crippen LogP contribution in [-0.2, 0) is 19.1 Å². The molecule has 0 radical (unpaired) electrons. The van der Waals surface area contributed by atoms with Crippen LogP contribution in [0.1, 0.15) is 6.42 Å². The molecule has 62 valence electrons. The highest BCUT2D eigenvalue weighted by atomic mass is 16.6. The van der Waals surface area contributed by atoms with E-state index in [-0.39, 0.29) is 5.78 Å². The maximum atomic E-state index is 11.1. The molecule has 0 amide bonds. The molecule has 1 heterocycles. The summed E-state index contributed by atoms with van der Waals surface area (Å²) in [6, 6.07) is 0. The first-order chi connectivity index (χ1) is 5.70. The molecule has 1 saturated heterocycles. The van der Waals surface area contributed by atoms with Gasteiger partial charge in [0.1, 0.15) is 5.92 Å². The molecule has 4 nitrogen and oxygen atoms in total. The first kappa shape index (κ1) is 7.21. The van der Waals surface area contributed by atoms with Gasteiger partial charge in [-0.3, -0.25) is 14.4 Å². The zero-order valence-electron chi connectivity index (χ0n) is 6.15. The summed E-state index contributed by atoms with van der Waals surface area (Å²) in [7, 11) is 0. The van der Waals surface area contributed by atoms with Crippen molar-refractivity contribution in [3.8, 4) is 0 Å². The minimum Gasteiger partial charge on any atom is -0.392 e. The van der Waals surface area contributed by atoms with Crippen LogP contribution in [0.4, 0.5) is 0 Å². The fourth-order valence-corrected chi connectivity index (χ4v) is 1.52. The quantitative estimate of drug-likeness (QED) is 0.370. The van der Waals surface area contributed by atoms with E-state index >= 15 is 0 Å². The van der Waals surface area contributed by atoms with Crippen LogP contribution in [0.2, 0.25) is 0 Å². The van der Waals surface area contributed by atoms with Crippen molar-refractivity contribution in [3.05, 3.63) is 12.2 Å². The molecule has 2 aliphatic rings. The number of ether oxygens (including phenoxy) is 1. The molecule has 0 aromatic heterocycles. The van der Waals surface area contributed by atoms with E-state index < -0.39 is 23.8 Å². The van der Waals surface area contributed by atoms with Gasteiger partial charge in [-0.1, -0.05) is 6.08 Å². The average Bonchev–Trinajstić information content (AvgIpc) is 2.29. The van der Waals surface area contributed by atoms with Gasteiger partial charge in [0.2, 0.25) is 0 Å². The number of hydrogen-bond donors (Lipinski definition) is 0. The SMILES string of the molecule is O=C1OC(=O)C2C(=O)C=CCC12. The Kier molecular flexibility index (Phi) is 1.36. The molecule has 2 unspecified atom stereocenters. The van der Waals surface area contributed by atoms with Gasteiger partial charge in [0.15, 0.2) is 5.78 Å². The summed E-state index contributed by atoms with van der Waals surface area (Å²) in [5.41, 5.74) is 0. The van der Waals surface area contributed by atoms with Gasteiger partial charge in [-0.15, -0.1) is 0 Å². The van der Waals surface area contributed by atoms with Gasteiger partial charge in [-0.05, 0) is 12.5 Å². The standard InChI is InChI=1S/C8H6O4/c9-5-3-1-2-4-6(5)8(11)12-7(4)10/h1,3-4,6H,2H2. The summed E-state index contributed by atoms with van der Waals surface area (Å²) in [4.78, 5) is 33.0. The molecule has 0 N–H and O–H groups in total. The number of rotatable bonds is 0. The van der Waals surface area contributed by atoms with Crippen molar-refractivity contribution < 1.29 is 19.1 Å². The number of cyclic esters (lactones) is 2. The maximum absolute atomic E-state index is 11.1. The molecule has 0 bridgehead atoms. The third-order valence-corrected chi connectivity index (χ3v) is 2.14. The first-order valence-corrected chi connectivity index (χ1v) is 3.66. The van der Waals surface area contributed by atoms with Crippen molar-refractivity contribution in [1.82, 2.24) is 0 Å². The average molecular weight is 166 g/mol. The molecule has 2 rings (SSSR count). The molecule has 0 saturated carbocycles. The lowest BCUT2D eigenvalue weighted by atomic mass is 9.84. The molecular formula is C8H6O4. The summed E-state index contributed by atoms with van der Waals surface area (Å²) in [5, 5.41) is 0. The summed E-state index contributed by atoms with van der Waals surface area (Å²) in [5.74, 6) is -3.00. The zero-order valence-corrected chi connectivity index (χ0v) is 6.15. The van der Waals surface area contributed by atoms with E-state index in [1.165, 1.54) is 6.08 Å². The Morgan fingerprint density at radius 3 is 2.67 bits per heavy atom. The largest absolute Gasteiger partial charge is 0.392 e. The van der Waals surface area contributed by atoms with E-state index in [1.807, 2.05) is 0 Å². The third kappa shape index (κ3) is 0.809. The summed E-state index contributed by atoms with van der Waals surface area (Å²) in [6.07, 6.45) is 3.37. The summed E-state index contributed by atoms with van der Waals surface area (Å²) in [6.45, 7) is 0. The van der Waals surface area contributed by atoms with Crippen LogP contribution in [-0.4, -0.2) is 17.7 Å². The second-order valence-corrected chi connectivity index (χ2v) is 2.86. The molecule has 1 aliphatic heterocycles. The van der Waals surface area contributed by atoms with Crippen LogP contribution in [0.5, 0.6) is 0 Å². The number of ketones is 1. The number of esters is 2. The summed E-state index contributed by atoms with van der Waals surface area (Å²) >= 11 is 0. The highest BCUT2D eigenvalue weighted by molar-refractivity contribution is 6.14. The Hall–Kier alpha value is -1.45. The van der Waals surface area contributed by atoms with Crippen LogP contribution in [0.15, 0.2) is 12.2 Å². The zero-order chi connectivity index (χ0) is 8.72. The van der Waals surface area contributed by atoms with Gasteiger partial charge in [0.25, 0.3) is 0 Å². The predicted molar refractivity (Wildman–Crippen MR) is 36.8 cm³/mol. The maximum Gasteiger partial charge on any atom is 0.325 e. The Morgan fingerprint density at radius 2 is 2.00 bits per heavy atom. The van der Waals surface area contributed by atoms with Crippen molar-refractivity contribution in [3.63, 3.8) is 0 Å². The fourth-order valence-electron chi connectivity index (χ4n) is 1.52. The normalized spacial score (nSPS) is 33.5. The van der Waals surface area contributed by atoms with Crippen LogP contribution in [0.25, 0.3) is 0 Å². The van der Waals surface area contributed by atoms with E-state index in [0.717, 1.165) is 0 Å². The smallest absolute Gasteiger partial charge is 0.325 e. The molecule has 12 heavy (non-hydrogen) atoms.